The Morgan fingerprint density at radius 2 is 1.73 bits per heavy atom. The van der Waals surface area contributed by atoms with Gasteiger partial charge in [0.05, 0.1) is 27.1 Å². The fraction of sp³-hybridized carbons (Fsp3) is 0.438. The minimum atomic E-state index is -0.889. The van der Waals surface area contributed by atoms with Crippen LogP contribution in [0.15, 0.2) is 30.3 Å². The van der Waals surface area contributed by atoms with Crippen molar-refractivity contribution in [3.8, 4) is 0 Å². The van der Waals surface area contributed by atoms with Crippen molar-refractivity contribution in [3.63, 3.8) is 0 Å². The topological polar surface area (TPSA) is 81.7 Å². The quantitative estimate of drug-likeness (QED) is 0.763. The summed E-state index contributed by atoms with van der Waals surface area (Å²) in [6.07, 6.45) is 0.168. The van der Waals surface area contributed by atoms with E-state index in [1.54, 1.807) is 6.92 Å². The Hall–Kier alpha value is -2.37. The van der Waals surface area contributed by atoms with Crippen molar-refractivity contribution in [2.75, 3.05) is 14.2 Å². The third kappa shape index (κ3) is 5.55. The lowest BCUT2D eigenvalue weighted by Gasteiger charge is -2.22. The highest BCUT2D eigenvalue weighted by Crippen LogP contribution is 2.11. The Kier molecular flexibility index (Phi) is 7.08. The summed E-state index contributed by atoms with van der Waals surface area (Å²) in [4.78, 5) is 35.2. The Balaban J connectivity index is 2.70. The highest BCUT2D eigenvalue weighted by Gasteiger charge is 2.29. The predicted octanol–water partition coefficient (Wildman–Crippen LogP) is 1.09. The van der Waals surface area contributed by atoms with Crippen LogP contribution in [0.4, 0.5) is 0 Å². The molecule has 0 aliphatic carbocycles. The number of methoxy groups -OCH3 is 2. The molecule has 120 valence electrons. The number of hydrogen-bond acceptors (Lipinski definition) is 5. The molecule has 0 heterocycles. The number of nitrogens with one attached hydrogen (secondary N) is 1. The molecule has 0 unspecified atom stereocenters. The van der Waals surface area contributed by atoms with Crippen molar-refractivity contribution in [1.29, 1.82) is 0 Å². The first-order valence-corrected chi connectivity index (χ1v) is 6.95. The van der Waals surface area contributed by atoms with Crippen molar-refractivity contribution in [2.24, 2.45) is 5.92 Å². The van der Waals surface area contributed by atoms with Gasteiger partial charge in [-0.2, -0.15) is 0 Å². The Morgan fingerprint density at radius 1 is 1.09 bits per heavy atom. The second-order valence-electron chi connectivity index (χ2n) is 4.99. The largest absolute Gasteiger partial charge is 0.469 e. The van der Waals surface area contributed by atoms with Crippen molar-refractivity contribution < 1.29 is 23.9 Å². The van der Waals surface area contributed by atoms with Crippen LogP contribution in [0, 0.1) is 5.92 Å². The highest BCUT2D eigenvalue weighted by atomic mass is 16.5. The molecular formula is C16H21NO5. The van der Waals surface area contributed by atoms with E-state index in [-0.39, 0.29) is 18.7 Å². The van der Waals surface area contributed by atoms with Crippen molar-refractivity contribution in [3.05, 3.63) is 35.9 Å². The molecule has 0 bridgehead atoms. The number of ether oxygens (including phenoxy) is 2. The van der Waals surface area contributed by atoms with Gasteiger partial charge in [-0.25, -0.2) is 4.79 Å². The van der Waals surface area contributed by atoms with Crippen LogP contribution in [-0.2, 0) is 30.3 Å². The maximum atomic E-state index is 12.1. The molecule has 22 heavy (non-hydrogen) atoms. The van der Waals surface area contributed by atoms with Crippen LogP contribution in [0.1, 0.15) is 18.9 Å². The van der Waals surface area contributed by atoms with E-state index in [9.17, 15) is 14.4 Å². The van der Waals surface area contributed by atoms with Gasteiger partial charge in [-0.1, -0.05) is 37.3 Å². The van der Waals surface area contributed by atoms with E-state index in [4.69, 9.17) is 4.74 Å². The fourth-order valence-electron chi connectivity index (χ4n) is 2.03. The van der Waals surface area contributed by atoms with E-state index < -0.39 is 23.9 Å². The average Bonchev–Trinajstić information content (AvgIpc) is 2.52. The van der Waals surface area contributed by atoms with Crippen LogP contribution in [0.3, 0.4) is 0 Å². The van der Waals surface area contributed by atoms with Crippen molar-refractivity contribution >= 4 is 17.8 Å². The van der Waals surface area contributed by atoms with Crippen LogP contribution in [0.25, 0.3) is 0 Å². The molecule has 0 saturated carbocycles. The first kappa shape index (κ1) is 17.7. The van der Waals surface area contributed by atoms with Gasteiger partial charge in [0.1, 0.15) is 6.04 Å². The second kappa shape index (κ2) is 8.81. The summed E-state index contributed by atoms with van der Waals surface area (Å²) < 4.78 is 9.28. The molecule has 1 N–H and O–H groups in total. The van der Waals surface area contributed by atoms with Crippen molar-refractivity contribution in [2.45, 2.75) is 25.8 Å². The van der Waals surface area contributed by atoms with Crippen LogP contribution in [0.2, 0.25) is 0 Å². The van der Waals surface area contributed by atoms with E-state index in [2.05, 4.69) is 10.1 Å². The van der Waals surface area contributed by atoms with Gasteiger partial charge in [-0.3, -0.25) is 9.59 Å². The van der Waals surface area contributed by atoms with E-state index in [0.717, 1.165) is 5.56 Å². The minimum absolute atomic E-state index is 0.0158. The second-order valence-corrected chi connectivity index (χ2v) is 4.99. The number of carbonyl (C=O) groups excluding carboxylic acids is 3. The number of benzene rings is 1. The first-order valence-electron chi connectivity index (χ1n) is 6.95. The molecule has 6 heteroatoms. The van der Waals surface area contributed by atoms with Crippen LogP contribution < -0.4 is 5.32 Å². The number of hydrogen-bond donors (Lipinski definition) is 1. The lowest BCUT2D eigenvalue weighted by Crippen LogP contribution is -2.46. The van der Waals surface area contributed by atoms with E-state index in [1.807, 2.05) is 30.3 Å². The number of rotatable bonds is 7. The predicted molar refractivity (Wildman–Crippen MR) is 79.9 cm³/mol. The highest BCUT2D eigenvalue weighted by molar-refractivity contribution is 5.86. The SMILES string of the molecule is COC(=O)C[C@H](C)[C@H](NC(=O)Cc1ccccc1)C(=O)OC. The Labute approximate surface area is 129 Å². The van der Waals surface area contributed by atoms with Gasteiger partial charge in [-0.05, 0) is 11.5 Å². The minimum Gasteiger partial charge on any atom is -0.469 e. The first-order chi connectivity index (χ1) is 10.5. The summed E-state index contributed by atoms with van der Waals surface area (Å²) in [6.45, 7) is 1.68. The van der Waals surface area contributed by atoms with Gasteiger partial charge in [-0.15, -0.1) is 0 Å². The molecule has 0 aliphatic rings. The zero-order valence-electron chi connectivity index (χ0n) is 13.0. The zero-order chi connectivity index (χ0) is 16.5. The van der Waals surface area contributed by atoms with Gasteiger partial charge < -0.3 is 14.8 Å². The molecule has 1 aromatic rings. The maximum Gasteiger partial charge on any atom is 0.328 e. The maximum absolute atomic E-state index is 12.1. The molecule has 1 amide bonds. The number of esters is 2. The third-order valence-electron chi connectivity index (χ3n) is 3.26. The van der Waals surface area contributed by atoms with Gasteiger partial charge in [0.15, 0.2) is 0 Å². The summed E-state index contributed by atoms with van der Waals surface area (Å²) in [7, 11) is 2.51. The molecule has 0 aliphatic heterocycles. The summed E-state index contributed by atoms with van der Waals surface area (Å²) in [6, 6.07) is 8.28. The van der Waals surface area contributed by atoms with E-state index in [1.165, 1.54) is 14.2 Å². The van der Waals surface area contributed by atoms with Crippen LogP contribution in [0.5, 0.6) is 0 Å². The summed E-state index contributed by atoms with van der Waals surface area (Å²) in [5.74, 6) is -1.77. The number of amides is 1. The normalized spacial score (nSPS) is 12.9. The number of carbonyl (C=O) groups is 3. The lowest BCUT2D eigenvalue weighted by atomic mass is 9.98. The monoisotopic (exact) mass is 307 g/mol. The van der Waals surface area contributed by atoms with Gasteiger partial charge >= 0.3 is 11.9 Å². The standard InChI is InChI=1S/C16H21NO5/c1-11(9-14(19)21-2)15(16(20)22-3)17-13(18)10-12-7-5-4-6-8-12/h4-8,11,15H,9-10H2,1-3H3,(H,17,18)/t11-,15-/m0/s1. The summed E-state index contributed by atoms with van der Waals surface area (Å²) in [5, 5.41) is 2.62. The summed E-state index contributed by atoms with van der Waals surface area (Å²) in [5.41, 5.74) is 0.837. The fourth-order valence-corrected chi connectivity index (χ4v) is 2.03. The molecule has 0 saturated heterocycles. The van der Waals surface area contributed by atoms with Crippen molar-refractivity contribution in [1.82, 2.24) is 5.32 Å². The van der Waals surface area contributed by atoms with Gasteiger partial charge in [0, 0.05) is 0 Å². The molecule has 1 aromatic carbocycles. The average molecular weight is 307 g/mol. The molecular weight excluding hydrogens is 286 g/mol. The molecule has 2 atom stereocenters. The van der Waals surface area contributed by atoms with Gasteiger partial charge in [0.2, 0.25) is 5.91 Å². The third-order valence-corrected chi connectivity index (χ3v) is 3.26. The zero-order valence-corrected chi connectivity index (χ0v) is 13.0. The Morgan fingerprint density at radius 3 is 2.27 bits per heavy atom. The van der Waals surface area contributed by atoms with E-state index >= 15 is 0 Å². The van der Waals surface area contributed by atoms with Crippen LogP contribution in [-0.4, -0.2) is 38.1 Å². The molecule has 0 spiro atoms. The van der Waals surface area contributed by atoms with E-state index in [0.29, 0.717) is 0 Å². The smallest absolute Gasteiger partial charge is 0.328 e. The summed E-state index contributed by atoms with van der Waals surface area (Å²) >= 11 is 0. The van der Waals surface area contributed by atoms with Gasteiger partial charge in [0.25, 0.3) is 0 Å². The Bertz CT molecular complexity index is 515. The van der Waals surface area contributed by atoms with Crippen LogP contribution >= 0.6 is 0 Å². The molecule has 1 rings (SSSR count). The molecule has 0 fully saturated rings. The molecule has 0 radical (unpaired) electrons. The lowest BCUT2D eigenvalue weighted by molar-refractivity contribution is -0.148. The molecule has 6 nitrogen and oxygen atoms in total. The molecule has 0 aromatic heterocycles.